The molecule has 0 spiro atoms. The van der Waals surface area contributed by atoms with Crippen molar-refractivity contribution < 1.29 is 0 Å². The number of aromatic nitrogens is 1. The molecular weight excluding hydrogens is 236 g/mol. The van der Waals surface area contributed by atoms with E-state index in [1.165, 1.54) is 25.3 Å². The molecule has 0 saturated carbocycles. The highest BCUT2D eigenvalue weighted by Gasteiger charge is 2.16. The SMILES string of the molecule is CCc1ccc(-c2nc3c(s2)CNCC3)s1. The van der Waals surface area contributed by atoms with Gasteiger partial charge < -0.3 is 5.32 Å². The van der Waals surface area contributed by atoms with E-state index in [-0.39, 0.29) is 0 Å². The van der Waals surface area contributed by atoms with Crippen LogP contribution in [0.5, 0.6) is 0 Å². The summed E-state index contributed by atoms with van der Waals surface area (Å²) in [6.45, 7) is 4.27. The van der Waals surface area contributed by atoms with Crippen LogP contribution in [-0.2, 0) is 19.4 Å². The number of thiazole rings is 1. The molecule has 84 valence electrons. The van der Waals surface area contributed by atoms with Gasteiger partial charge in [-0.1, -0.05) is 6.92 Å². The molecule has 4 heteroatoms. The second-order valence-electron chi connectivity index (χ2n) is 3.94. The van der Waals surface area contributed by atoms with Crippen LogP contribution < -0.4 is 5.32 Å². The molecule has 3 heterocycles. The smallest absolute Gasteiger partial charge is 0.133 e. The number of aryl methyl sites for hydroxylation is 1. The lowest BCUT2D eigenvalue weighted by Crippen LogP contribution is -2.22. The van der Waals surface area contributed by atoms with Crippen molar-refractivity contribution in [2.24, 2.45) is 0 Å². The van der Waals surface area contributed by atoms with Crippen molar-refractivity contribution in [1.29, 1.82) is 0 Å². The molecule has 0 saturated heterocycles. The van der Waals surface area contributed by atoms with Crippen LogP contribution in [0.25, 0.3) is 9.88 Å². The van der Waals surface area contributed by atoms with Crippen LogP contribution in [-0.4, -0.2) is 11.5 Å². The topological polar surface area (TPSA) is 24.9 Å². The highest BCUT2D eigenvalue weighted by Crippen LogP contribution is 2.34. The monoisotopic (exact) mass is 250 g/mol. The van der Waals surface area contributed by atoms with E-state index < -0.39 is 0 Å². The van der Waals surface area contributed by atoms with Gasteiger partial charge in [-0.3, -0.25) is 0 Å². The first-order chi connectivity index (χ1) is 7.86. The predicted molar refractivity (Wildman–Crippen MR) is 70.2 cm³/mol. The summed E-state index contributed by atoms with van der Waals surface area (Å²) >= 11 is 3.73. The van der Waals surface area contributed by atoms with Crippen molar-refractivity contribution in [3.05, 3.63) is 27.6 Å². The lowest BCUT2D eigenvalue weighted by Gasteiger charge is -2.09. The molecule has 0 fully saturated rings. The van der Waals surface area contributed by atoms with Crippen molar-refractivity contribution in [3.8, 4) is 9.88 Å². The van der Waals surface area contributed by atoms with Gasteiger partial charge in [0.1, 0.15) is 5.01 Å². The third-order valence-corrected chi connectivity index (χ3v) is 5.32. The minimum absolute atomic E-state index is 0.999. The molecule has 0 aromatic carbocycles. The average molecular weight is 250 g/mol. The molecular formula is C12H14N2S2. The van der Waals surface area contributed by atoms with Gasteiger partial charge in [-0.2, -0.15) is 0 Å². The minimum atomic E-state index is 0.999. The summed E-state index contributed by atoms with van der Waals surface area (Å²) in [6.07, 6.45) is 2.20. The van der Waals surface area contributed by atoms with Crippen LogP contribution in [0.3, 0.4) is 0 Å². The zero-order valence-electron chi connectivity index (χ0n) is 9.25. The molecule has 0 atom stereocenters. The second-order valence-corrected chi connectivity index (χ2v) is 6.19. The molecule has 2 aromatic rings. The molecule has 0 aliphatic carbocycles. The first-order valence-corrected chi connectivity index (χ1v) is 7.28. The van der Waals surface area contributed by atoms with Gasteiger partial charge in [-0.15, -0.1) is 22.7 Å². The molecule has 2 aromatic heterocycles. The van der Waals surface area contributed by atoms with Gasteiger partial charge in [0.05, 0.1) is 10.6 Å². The van der Waals surface area contributed by atoms with Crippen LogP contribution in [0.15, 0.2) is 12.1 Å². The van der Waals surface area contributed by atoms with E-state index in [1.54, 1.807) is 0 Å². The van der Waals surface area contributed by atoms with E-state index in [4.69, 9.17) is 4.98 Å². The van der Waals surface area contributed by atoms with Crippen molar-refractivity contribution >= 4 is 22.7 Å². The van der Waals surface area contributed by atoms with Gasteiger partial charge in [0.2, 0.25) is 0 Å². The van der Waals surface area contributed by atoms with Gasteiger partial charge in [0, 0.05) is 29.3 Å². The molecule has 0 bridgehead atoms. The Kier molecular flexibility index (Phi) is 2.79. The van der Waals surface area contributed by atoms with E-state index in [9.17, 15) is 0 Å². The fourth-order valence-corrected chi connectivity index (χ4v) is 3.99. The molecule has 2 nitrogen and oxygen atoms in total. The normalized spacial score (nSPS) is 15.1. The van der Waals surface area contributed by atoms with Gasteiger partial charge in [-0.25, -0.2) is 4.98 Å². The number of thiophene rings is 1. The van der Waals surface area contributed by atoms with E-state index >= 15 is 0 Å². The molecule has 16 heavy (non-hydrogen) atoms. The highest BCUT2D eigenvalue weighted by atomic mass is 32.1. The fourth-order valence-electron chi connectivity index (χ4n) is 1.91. The summed E-state index contributed by atoms with van der Waals surface area (Å²) < 4.78 is 0. The molecule has 0 radical (unpaired) electrons. The van der Waals surface area contributed by atoms with Gasteiger partial charge in [0.25, 0.3) is 0 Å². The zero-order chi connectivity index (χ0) is 11.0. The predicted octanol–water partition coefficient (Wildman–Crippen LogP) is 3.08. The molecule has 1 aliphatic rings. The Balaban J connectivity index is 1.96. The summed E-state index contributed by atoms with van der Waals surface area (Å²) in [7, 11) is 0. The Morgan fingerprint density at radius 1 is 1.38 bits per heavy atom. The van der Waals surface area contributed by atoms with Gasteiger partial charge >= 0.3 is 0 Å². The van der Waals surface area contributed by atoms with Crippen molar-refractivity contribution in [1.82, 2.24) is 10.3 Å². The number of hydrogen-bond donors (Lipinski definition) is 1. The van der Waals surface area contributed by atoms with Crippen LogP contribution in [0.2, 0.25) is 0 Å². The van der Waals surface area contributed by atoms with Crippen molar-refractivity contribution in [2.75, 3.05) is 6.54 Å². The maximum absolute atomic E-state index is 4.76. The first kappa shape index (κ1) is 10.4. The Bertz CT molecular complexity index is 475. The van der Waals surface area contributed by atoms with Crippen molar-refractivity contribution in [3.63, 3.8) is 0 Å². The number of rotatable bonds is 2. The molecule has 3 rings (SSSR count). The summed E-state index contributed by atoms with van der Waals surface area (Å²) in [6, 6.07) is 4.43. The third-order valence-electron chi connectivity index (χ3n) is 2.82. The highest BCUT2D eigenvalue weighted by molar-refractivity contribution is 7.21. The van der Waals surface area contributed by atoms with Gasteiger partial charge in [-0.05, 0) is 18.6 Å². The number of nitrogens with zero attached hydrogens (tertiary/aromatic N) is 1. The fraction of sp³-hybridized carbons (Fsp3) is 0.417. The van der Waals surface area contributed by atoms with E-state index in [0.29, 0.717) is 0 Å². The number of hydrogen-bond acceptors (Lipinski definition) is 4. The summed E-state index contributed by atoms with van der Waals surface area (Å²) in [4.78, 5) is 8.96. The number of fused-ring (bicyclic) bond motifs is 1. The molecule has 0 unspecified atom stereocenters. The summed E-state index contributed by atoms with van der Waals surface area (Å²) in [5.41, 5.74) is 1.31. The van der Waals surface area contributed by atoms with Crippen LogP contribution in [0, 0.1) is 0 Å². The lowest BCUT2D eigenvalue weighted by atomic mass is 10.2. The molecule has 0 amide bonds. The van der Waals surface area contributed by atoms with Crippen molar-refractivity contribution in [2.45, 2.75) is 26.3 Å². The van der Waals surface area contributed by atoms with Gasteiger partial charge in [0.15, 0.2) is 0 Å². The number of nitrogens with one attached hydrogen (secondary N) is 1. The standard InChI is InChI=1S/C12H14N2S2/c1-2-8-3-4-10(15-8)12-14-9-5-6-13-7-11(9)16-12/h3-4,13H,2,5-7H2,1H3. The van der Waals surface area contributed by atoms with Crippen LogP contribution >= 0.6 is 22.7 Å². The van der Waals surface area contributed by atoms with Crippen LogP contribution in [0.4, 0.5) is 0 Å². The largest absolute Gasteiger partial charge is 0.311 e. The Hall–Kier alpha value is -0.710. The summed E-state index contributed by atoms with van der Waals surface area (Å²) in [5, 5.41) is 4.60. The Labute approximate surface area is 103 Å². The van der Waals surface area contributed by atoms with E-state index in [2.05, 4.69) is 24.4 Å². The first-order valence-electron chi connectivity index (χ1n) is 5.65. The molecule has 1 aliphatic heterocycles. The quantitative estimate of drug-likeness (QED) is 0.886. The molecule has 1 N–H and O–H groups in total. The Morgan fingerprint density at radius 2 is 2.31 bits per heavy atom. The van der Waals surface area contributed by atoms with Crippen LogP contribution in [0.1, 0.15) is 22.4 Å². The van der Waals surface area contributed by atoms with E-state index in [0.717, 1.165) is 25.9 Å². The average Bonchev–Trinajstić information content (AvgIpc) is 2.95. The maximum atomic E-state index is 4.76. The van der Waals surface area contributed by atoms with E-state index in [1.807, 2.05) is 22.7 Å². The third kappa shape index (κ3) is 1.81. The lowest BCUT2D eigenvalue weighted by molar-refractivity contribution is 0.644. The maximum Gasteiger partial charge on any atom is 0.133 e. The Morgan fingerprint density at radius 3 is 3.06 bits per heavy atom. The minimum Gasteiger partial charge on any atom is -0.311 e. The zero-order valence-corrected chi connectivity index (χ0v) is 10.9. The second kappa shape index (κ2) is 4.28. The summed E-state index contributed by atoms with van der Waals surface area (Å²) in [5.74, 6) is 0.